The van der Waals surface area contributed by atoms with Crippen LogP contribution in [0.5, 0.6) is 0 Å². The molecule has 1 amide bonds. The fourth-order valence-corrected chi connectivity index (χ4v) is 3.49. The van der Waals surface area contributed by atoms with E-state index in [4.69, 9.17) is 4.74 Å². The number of anilines is 1. The number of carbonyl (C=O) groups is 2. The summed E-state index contributed by atoms with van der Waals surface area (Å²) in [7, 11) is 0. The molecule has 0 saturated heterocycles. The Hall–Kier alpha value is -2.67. The van der Waals surface area contributed by atoms with Crippen LogP contribution in [0.3, 0.4) is 0 Å². The summed E-state index contributed by atoms with van der Waals surface area (Å²) in [6.07, 6.45) is 1.58. The minimum Gasteiger partial charge on any atom is -0.461 e. The Bertz CT molecular complexity index is 843. The lowest BCUT2D eigenvalue weighted by molar-refractivity contribution is 0.0518. The van der Waals surface area contributed by atoms with Crippen molar-refractivity contribution in [3.05, 3.63) is 46.3 Å². The molecule has 130 valence electrons. The number of esters is 1. The highest BCUT2D eigenvalue weighted by Gasteiger charge is 2.32. The Morgan fingerprint density at radius 3 is 3.04 bits per heavy atom. The number of fused-ring (bicyclic) bond motifs is 2. The van der Waals surface area contributed by atoms with Crippen molar-refractivity contribution in [2.45, 2.75) is 26.3 Å². The molecule has 2 aliphatic heterocycles. The van der Waals surface area contributed by atoms with Crippen LogP contribution in [0.1, 0.15) is 44.6 Å². The highest BCUT2D eigenvalue weighted by Crippen LogP contribution is 2.28. The molecule has 0 aliphatic carbocycles. The molecular weight excluding hydrogens is 320 g/mol. The summed E-state index contributed by atoms with van der Waals surface area (Å²) < 4.78 is 5.02. The number of rotatable bonds is 3. The predicted molar refractivity (Wildman–Crippen MR) is 91.8 cm³/mol. The second-order valence-corrected chi connectivity index (χ2v) is 6.23. The van der Waals surface area contributed by atoms with Gasteiger partial charge in [-0.2, -0.15) is 5.10 Å². The van der Waals surface area contributed by atoms with Crippen LogP contribution in [0.25, 0.3) is 0 Å². The molecule has 4 rings (SSSR count). The van der Waals surface area contributed by atoms with Crippen molar-refractivity contribution in [1.29, 1.82) is 0 Å². The lowest BCUT2D eigenvalue weighted by Crippen LogP contribution is -2.38. The van der Waals surface area contributed by atoms with Gasteiger partial charge in [-0.25, -0.2) is 4.79 Å². The topological polar surface area (TPSA) is 87.3 Å². The van der Waals surface area contributed by atoms with Crippen molar-refractivity contribution in [3.8, 4) is 0 Å². The molecule has 7 heteroatoms. The second-order valence-electron chi connectivity index (χ2n) is 6.23. The Morgan fingerprint density at radius 2 is 2.20 bits per heavy atom. The van der Waals surface area contributed by atoms with Crippen LogP contribution in [0.15, 0.2) is 18.2 Å². The van der Waals surface area contributed by atoms with E-state index in [0.717, 1.165) is 25.2 Å². The predicted octanol–water partition coefficient (Wildman–Crippen LogP) is 1.44. The standard InChI is InChI=1S/C18H20N4O3/c1-2-25-18(24)16-14-6-8-22(17(23)15(14)20-21-16)13-4-3-11-5-7-19-10-12(11)9-13/h3-4,9,19H,2,5-8,10H2,1H3,(H,20,21). The number of nitrogens with one attached hydrogen (secondary N) is 2. The molecule has 1 aromatic heterocycles. The summed E-state index contributed by atoms with van der Waals surface area (Å²) in [5.41, 5.74) is 4.69. The molecule has 0 saturated carbocycles. The molecular formula is C18H20N4O3. The molecule has 7 nitrogen and oxygen atoms in total. The molecule has 0 bridgehead atoms. The van der Waals surface area contributed by atoms with Crippen molar-refractivity contribution in [3.63, 3.8) is 0 Å². The third kappa shape index (κ3) is 2.70. The van der Waals surface area contributed by atoms with E-state index in [1.165, 1.54) is 11.1 Å². The van der Waals surface area contributed by atoms with Gasteiger partial charge in [0.15, 0.2) is 5.69 Å². The first-order chi connectivity index (χ1) is 12.2. The minimum absolute atomic E-state index is 0.184. The van der Waals surface area contributed by atoms with E-state index in [0.29, 0.717) is 29.9 Å². The van der Waals surface area contributed by atoms with Gasteiger partial charge in [0.1, 0.15) is 5.69 Å². The molecule has 2 aliphatic rings. The number of aromatic nitrogens is 2. The average molecular weight is 340 g/mol. The van der Waals surface area contributed by atoms with Gasteiger partial charge in [0.25, 0.3) is 5.91 Å². The van der Waals surface area contributed by atoms with Crippen LogP contribution < -0.4 is 10.2 Å². The number of carbonyl (C=O) groups excluding carboxylic acids is 2. The summed E-state index contributed by atoms with van der Waals surface area (Å²) in [6, 6.07) is 6.16. The highest BCUT2D eigenvalue weighted by molar-refractivity contribution is 6.08. The largest absolute Gasteiger partial charge is 0.461 e. The van der Waals surface area contributed by atoms with Crippen LogP contribution >= 0.6 is 0 Å². The summed E-state index contributed by atoms with van der Waals surface area (Å²) in [5, 5.41) is 10.1. The normalized spacial score (nSPS) is 16.4. The van der Waals surface area contributed by atoms with Gasteiger partial charge in [-0.3, -0.25) is 9.89 Å². The van der Waals surface area contributed by atoms with E-state index in [2.05, 4.69) is 27.6 Å². The number of H-pyrrole nitrogens is 1. The van der Waals surface area contributed by atoms with Crippen molar-refractivity contribution >= 4 is 17.6 Å². The number of hydrogen-bond acceptors (Lipinski definition) is 5. The van der Waals surface area contributed by atoms with Gasteiger partial charge in [0.2, 0.25) is 0 Å². The smallest absolute Gasteiger partial charge is 0.356 e. The first-order valence-electron chi connectivity index (χ1n) is 8.57. The molecule has 0 unspecified atom stereocenters. The van der Waals surface area contributed by atoms with Crippen LogP contribution in [0.4, 0.5) is 5.69 Å². The van der Waals surface area contributed by atoms with Crippen LogP contribution in [0.2, 0.25) is 0 Å². The number of benzene rings is 1. The summed E-state index contributed by atoms with van der Waals surface area (Å²) in [5.74, 6) is -0.644. The van der Waals surface area contributed by atoms with Crippen LogP contribution in [-0.2, 0) is 24.1 Å². The van der Waals surface area contributed by atoms with Crippen LogP contribution in [0, 0.1) is 0 Å². The van der Waals surface area contributed by atoms with E-state index in [1.807, 2.05) is 6.07 Å². The fraction of sp³-hybridized carbons (Fsp3) is 0.389. The minimum atomic E-state index is -0.461. The molecule has 1 aromatic carbocycles. The van der Waals surface area contributed by atoms with Gasteiger partial charge < -0.3 is 15.0 Å². The Morgan fingerprint density at radius 1 is 1.32 bits per heavy atom. The number of hydrogen-bond donors (Lipinski definition) is 2. The lowest BCUT2D eigenvalue weighted by atomic mass is 9.98. The maximum atomic E-state index is 12.9. The van der Waals surface area contributed by atoms with Gasteiger partial charge in [-0.1, -0.05) is 6.07 Å². The molecule has 2 N–H and O–H groups in total. The van der Waals surface area contributed by atoms with Gasteiger partial charge in [-0.05, 0) is 49.6 Å². The zero-order chi connectivity index (χ0) is 17.4. The molecule has 0 radical (unpaired) electrons. The number of ether oxygens (including phenoxy) is 1. The molecule has 3 heterocycles. The molecule has 25 heavy (non-hydrogen) atoms. The van der Waals surface area contributed by atoms with Gasteiger partial charge in [0.05, 0.1) is 6.61 Å². The summed E-state index contributed by atoms with van der Waals surface area (Å²) in [6.45, 7) is 4.37. The van der Waals surface area contributed by atoms with E-state index < -0.39 is 5.97 Å². The number of aromatic amines is 1. The monoisotopic (exact) mass is 340 g/mol. The third-order valence-electron chi connectivity index (χ3n) is 4.77. The first-order valence-corrected chi connectivity index (χ1v) is 8.57. The highest BCUT2D eigenvalue weighted by atomic mass is 16.5. The third-order valence-corrected chi connectivity index (χ3v) is 4.77. The van der Waals surface area contributed by atoms with Crippen molar-refractivity contribution < 1.29 is 14.3 Å². The summed E-state index contributed by atoms with van der Waals surface area (Å²) >= 11 is 0. The second kappa shape index (κ2) is 6.33. The van der Waals surface area contributed by atoms with Gasteiger partial charge in [-0.15, -0.1) is 0 Å². The van der Waals surface area contributed by atoms with Crippen LogP contribution in [-0.4, -0.2) is 41.8 Å². The molecule has 0 fully saturated rings. The number of amides is 1. The Kier molecular flexibility index (Phi) is 4.01. The molecule has 2 aromatic rings. The van der Waals surface area contributed by atoms with E-state index in [-0.39, 0.29) is 12.5 Å². The van der Waals surface area contributed by atoms with Crippen molar-refractivity contribution in [1.82, 2.24) is 15.5 Å². The maximum Gasteiger partial charge on any atom is 0.356 e. The van der Waals surface area contributed by atoms with Crippen molar-refractivity contribution in [2.75, 3.05) is 24.6 Å². The fourth-order valence-electron chi connectivity index (χ4n) is 3.49. The lowest BCUT2D eigenvalue weighted by Gasteiger charge is -2.28. The van der Waals surface area contributed by atoms with Gasteiger partial charge >= 0.3 is 5.97 Å². The van der Waals surface area contributed by atoms with E-state index >= 15 is 0 Å². The molecule has 0 spiro atoms. The zero-order valence-corrected chi connectivity index (χ0v) is 14.1. The first kappa shape index (κ1) is 15.8. The average Bonchev–Trinajstić information content (AvgIpc) is 3.07. The zero-order valence-electron chi connectivity index (χ0n) is 14.1. The Labute approximate surface area is 145 Å². The molecule has 0 atom stereocenters. The Balaban J connectivity index is 1.63. The van der Waals surface area contributed by atoms with Gasteiger partial charge in [0, 0.05) is 24.3 Å². The van der Waals surface area contributed by atoms with Crippen molar-refractivity contribution in [2.24, 2.45) is 0 Å². The van der Waals surface area contributed by atoms with E-state index in [9.17, 15) is 9.59 Å². The summed E-state index contributed by atoms with van der Waals surface area (Å²) in [4.78, 5) is 26.6. The maximum absolute atomic E-state index is 12.9. The SMILES string of the molecule is CCOC(=O)c1[nH]nc2c1CCN(c1ccc3c(c1)CNCC3)C2=O. The van der Waals surface area contributed by atoms with E-state index in [1.54, 1.807) is 11.8 Å². The quantitative estimate of drug-likeness (QED) is 0.826. The number of nitrogens with zero attached hydrogens (tertiary/aromatic N) is 2.